The summed E-state index contributed by atoms with van der Waals surface area (Å²) in [6.45, 7) is 6.69. The van der Waals surface area contributed by atoms with Gasteiger partial charge in [-0.2, -0.15) is 0 Å². The largest absolute Gasteiger partial charge is 0.388 e. The van der Waals surface area contributed by atoms with Crippen LogP contribution in [-0.4, -0.2) is 54.2 Å². The predicted molar refractivity (Wildman–Crippen MR) is 91.5 cm³/mol. The summed E-state index contributed by atoms with van der Waals surface area (Å²) in [4.78, 5) is 4.93. The molecule has 0 aliphatic carbocycles. The molecule has 1 aliphatic rings. The molecule has 1 fully saturated rings. The monoisotopic (exact) mass is 354 g/mol. The molecule has 3 nitrogen and oxygen atoms in total. The summed E-state index contributed by atoms with van der Waals surface area (Å²) in [5.74, 6) is 0. The molecular formula is C17H27BrN2O. The van der Waals surface area contributed by atoms with E-state index < -0.39 is 0 Å². The van der Waals surface area contributed by atoms with Gasteiger partial charge >= 0.3 is 0 Å². The smallest absolute Gasteiger partial charge is 0.0802 e. The van der Waals surface area contributed by atoms with Gasteiger partial charge in [-0.25, -0.2) is 0 Å². The first-order chi connectivity index (χ1) is 10.1. The van der Waals surface area contributed by atoms with Gasteiger partial charge in [-0.05, 0) is 57.1 Å². The molecule has 2 unspecified atom stereocenters. The Bertz CT molecular complexity index is 441. The van der Waals surface area contributed by atoms with Gasteiger partial charge in [0.25, 0.3) is 0 Å². The Morgan fingerprint density at radius 1 is 1.48 bits per heavy atom. The topological polar surface area (TPSA) is 26.7 Å². The highest BCUT2D eigenvalue weighted by atomic mass is 79.9. The molecule has 0 bridgehead atoms. The number of halogens is 1. The lowest BCUT2D eigenvalue weighted by molar-refractivity contribution is 0.137. The van der Waals surface area contributed by atoms with E-state index >= 15 is 0 Å². The van der Waals surface area contributed by atoms with Gasteiger partial charge in [-0.1, -0.05) is 35.0 Å². The van der Waals surface area contributed by atoms with Crippen LogP contribution in [0.5, 0.6) is 0 Å². The molecule has 1 aliphatic heterocycles. The number of aliphatic hydroxyl groups excluding tert-OH is 1. The molecule has 1 saturated heterocycles. The van der Waals surface area contributed by atoms with Crippen LogP contribution in [0.3, 0.4) is 0 Å². The standard InChI is InChI=1S/C17H27BrN2O/c1-3-20-10-5-8-16(20)13-19(2)11-9-17(21)14-6-4-7-15(18)12-14/h4,6-7,12,16-17,21H,3,5,8-11,13H2,1-2H3. The van der Waals surface area contributed by atoms with E-state index in [1.54, 1.807) is 0 Å². The number of hydrogen-bond donors (Lipinski definition) is 1. The first-order valence-electron chi connectivity index (χ1n) is 7.96. The highest BCUT2D eigenvalue weighted by molar-refractivity contribution is 9.10. The van der Waals surface area contributed by atoms with Crippen LogP contribution in [0.15, 0.2) is 28.7 Å². The van der Waals surface area contributed by atoms with Crippen molar-refractivity contribution >= 4 is 15.9 Å². The van der Waals surface area contributed by atoms with Crippen molar-refractivity contribution in [2.45, 2.75) is 38.3 Å². The molecule has 118 valence electrons. The van der Waals surface area contributed by atoms with Gasteiger partial charge in [-0.15, -0.1) is 0 Å². The summed E-state index contributed by atoms with van der Waals surface area (Å²) >= 11 is 3.46. The van der Waals surface area contributed by atoms with Gasteiger partial charge in [0.2, 0.25) is 0 Å². The number of hydrogen-bond acceptors (Lipinski definition) is 3. The van der Waals surface area contributed by atoms with Crippen molar-refractivity contribution in [3.05, 3.63) is 34.3 Å². The molecular weight excluding hydrogens is 328 g/mol. The van der Waals surface area contributed by atoms with E-state index in [0.29, 0.717) is 6.04 Å². The number of nitrogens with zero attached hydrogens (tertiary/aromatic N) is 2. The maximum absolute atomic E-state index is 10.3. The van der Waals surface area contributed by atoms with E-state index in [9.17, 15) is 5.11 Å². The van der Waals surface area contributed by atoms with Gasteiger partial charge in [0.15, 0.2) is 0 Å². The molecule has 21 heavy (non-hydrogen) atoms. The van der Waals surface area contributed by atoms with Crippen molar-refractivity contribution in [2.24, 2.45) is 0 Å². The molecule has 0 radical (unpaired) electrons. The van der Waals surface area contributed by atoms with Crippen LogP contribution in [0.1, 0.15) is 37.9 Å². The Balaban J connectivity index is 1.77. The van der Waals surface area contributed by atoms with Crippen LogP contribution in [0.25, 0.3) is 0 Å². The Kier molecular flexibility index (Phi) is 6.68. The summed E-state index contributed by atoms with van der Waals surface area (Å²) in [5, 5.41) is 10.3. The zero-order chi connectivity index (χ0) is 15.2. The Hall–Kier alpha value is -0.420. The van der Waals surface area contributed by atoms with Crippen LogP contribution in [0.4, 0.5) is 0 Å². The predicted octanol–water partition coefficient (Wildman–Crippen LogP) is 3.29. The fourth-order valence-electron chi connectivity index (χ4n) is 3.19. The van der Waals surface area contributed by atoms with Gasteiger partial charge in [0.05, 0.1) is 6.10 Å². The minimum Gasteiger partial charge on any atom is -0.388 e. The van der Waals surface area contributed by atoms with Gasteiger partial charge in [0, 0.05) is 23.6 Å². The SMILES string of the molecule is CCN1CCCC1CN(C)CCC(O)c1cccc(Br)c1. The third-order valence-electron chi connectivity index (χ3n) is 4.45. The van der Waals surface area contributed by atoms with Crippen molar-refractivity contribution in [3.63, 3.8) is 0 Å². The first-order valence-corrected chi connectivity index (χ1v) is 8.75. The minimum atomic E-state index is -0.379. The van der Waals surface area contributed by atoms with E-state index in [1.165, 1.54) is 19.4 Å². The minimum absolute atomic E-state index is 0.379. The third kappa shape index (κ3) is 5.06. The van der Waals surface area contributed by atoms with Crippen LogP contribution in [0.2, 0.25) is 0 Å². The summed E-state index contributed by atoms with van der Waals surface area (Å²) < 4.78 is 1.02. The second-order valence-corrected chi connectivity index (χ2v) is 6.96. The van der Waals surface area contributed by atoms with E-state index in [0.717, 1.165) is 36.1 Å². The van der Waals surface area contributed by atoms with E-state index in [2.05, 4.69) is 39.7 Å². The molecule has 1 N–H and O–H groups in total. The van der Waals surface area contributed by atoms with Crippen molar-refractivity contribution in [1.82, 2.24) is 9.80 Å². The Morgan fingerprint density at radius 2 is 2.29 bits per heavy atom. The summed E-state index contributed by atoms with van der Waals surface area (Å²) in [6.07, 6.45) is 3.04. The van der Waals surface area contributed by atoms with Crippen LogP contribution in [0, 0.1) is 0 Å². The van der Waals surface area contributed by atoms with Crippen LogP contribution in [-0.2, 0) is 0 Å². The highest BCUT2D eigenvalue weighted by Gasteiger charge is 2.24. The van der Waals surface area contributed by atoms with Crippen molar-refractivity contribution in [3.8, 4) is 0 Å². The zero-order valence-corrected chi connectivity index (χ0v) is 14.7. The van der Waals surface area contributed by atoms with Crippen molar-refractivity contribution < 1.29 is 5.11 Å². The van der Waals surface area contributed by atoms with Crippen molar-refractivity contribution in [2.75, 3.05) is 33.2 Å². The quantitative estimate of drug-likeness (QED) is 0.813. The number of rotatable bonds is 7. The second kappa shape index (κ2) is 8.28. The lowest BCUT2D eigenvalue weighted by Crippen LogP contribution is -2.39. The number of likely N-dealkylation sites (tertiary alicyclic amines) is 1. The van der Waals surface area contributed by atoms with E-state index in [4.69, 9.17) is 0 Å². The van der Waals surface area contributed by atoms with Crippen molar-refractivity contribution in [1.29, 1.82) is 0 Å². The molecule has 2 atom stereocenters. The van der Waals surface area contributed by atoms with Crippen LogP contribution < -0.4 is 0 Å². The lowest BCUT2D eigenvalue weighted by Gasteiger charge is -2.28. The fraction of sp³-hybridized carbons (Fsp3) is 0.647. The molecule has 0 amide bonds. The molecule has 2 rings (SSSR count). The molecule has 1 aromatic rings. The van der Waals surface area contributed by atoms with Crippen LogP contribution >= 0.6 is 15.9 Å². The zero-order valence-electron chi connectivity index (χ0n) is 13.1. The molecule has 1 aromatic carbocycles. The number of likely N-dealkylation sites (N-methyl/N-ethyl adjacent to an activating group) is 2. The highest BCUT2D eigenvalue weighted by Crippen LogP contribution is 2.21. The molecule has 4 heteroatoms. The maximum atomic E-state index is 10.3. The molecule has 1 heterocycles. The van der Waals surface area contributed by atoms with Gasteiger partial charge in [0.1, 0.15) is 0 Å². The summed E-state index contributed by atoms with van der Waals surface area (Å²) in [7, 11) is 2.17. The Labute approximate surface area is 137 Å². The second-order valence-electron chi connectivity index (χ2n) is 6.05. The Morgan fingerprint density at radius 3 is 3.00 bits per heavy atom. The van der Waals surface area contributed by atoms with Gasteiger partial charge in [-0.3, -0.25) is 4.90 Å². The number of benzene rings is 1. The summed E-state index contributed by atoms with van der Waals surface area (Å²) in [6, 6.07) is 8.65. The maximum Gasteiger partial charge on any atom is 0.0802 e. The average Bonchev–Trinajstić information content (AvgIpc) is 2.92. The number of aliphatic hydroxyl groups is 1. The van der Waals surface area contributed by atoms with E-state index in [-0.39, 0.29) is 6.10 Å². The first kappa shape index (κ1) is 16.9. The molecule has 0 spiro atoms. The summed E-state index contributed by atoms with van der Waals surface area (Å²) in [5.41, 5.74) is 0.994. The lowest BCUT2D eigenvalue weighted by atomic mass is 10.1. The molecule has 0 aromatic heterocycles. The van der Waals surface area contributed by atoms with Gasteiger partial charge < -0.3 is 10.0 Å². The fourth-order valence-corrected chi connectivity index (χ4v) is 3.61. The normalized spacial score (nSPS) is 21.1. The third-order valence-corrected chi connectivity index (χ3v) is 4.94. The van der Waals surface area contributed by atoms with E-state index in [1.807, 2.05) is 24.3 Å². The average molecular weight is 355 g/mol. The molecule has 0 saturated carbocycles.